The quantitative estimate of drug-likeness (QED) is 0.0527. The Morgan fingerprint density at radius 2 is 0.887 bits per heavy atom. The lowest BCUT2D eigenvalue weighted by atomic mass is 9.78. The van der Waals surface area contributed by atoms with Crippen molar-refractivity contribution >= 4 is 11.9 Å². The molecule has 5 heterocycles. The van der Waals surface area contributed by atoms with Crippen molar-refractivity contribution in [3.05, 3.63) is 71.9 Å². The minimum absolute atomic E-state index is 0.0237. The molecule has 0 unspecified atom stereocenters. The summed E-state index contributed by atoms with van der Waals surface area (Å²) < 4.78 is 61.1. The van der Waals surface area contributed by atoms with Crippen LogP contribution in [-0.4, -0.2) is 216 Å². The third kappa shape index (κ3) is 28.8. The summed E-state index contributed by atoms with van der Waals surface area (Å²) in [6.45, 7) is 20.7. The van der Waals surface area contributed by atoms with Crippen molar-refractivity contribution in [2.24, 2.45) is 41.4 Å². The highest BCUT2D eigenvalue weighted by Gasteiger charge is 2.41. The molecular weight excluding hydrogens is 1240 g/mol. The van der Waals surface area contributed by atoms with Crippen LogP contribution in [0.25, 0.3) is 0 Å². The largest absolute Gasteiger partial charge is 0.459 e. The molecule has 0 spiro atoms. The number of carbonyl (C=O) groups is 2. The lowest BCUT2D eigenvalue weighted by Crippen LogP contribution is -2.45. The minimum Gasteiger partial charge on any atom is -0.459 e. The smallest absolute Gasteiger partial charge is 0.331 e. The molecule has 0 aromatic heterocycles. The summed E-state index contributed by atoms with van der Waals surface area (Å²) in [5.41, 5.74) is 1.39. The summed E-state index contributed by atoms with van der Waals surface area (Å²) in [5, 5.41) is 93.8. The molecule has 0 saturated carbocycles. The third-order valence-electron chi connectivity index (χ3n) is 21.8. The van der Waals surface area contributed by atoms with Gasteiger partial charge in [-0.05, 0) is 129 Å². The number of aliphatic hydroxyl groups is 8. The maximum absolute atomic E-state index is 13.9. The van der Waals surface area contributed by atoms with E-state index in [-0.39, 0.29) is 106 Å². The fraction of sp³-hybridized carbons (Fsp3) is 0.818. The molecule has 5 rings (SSSR count). The van der Waals surface area contributed by atoms with Gasteiger partial charge in [0.25, 0.3) is 0 Å². The van der Waals surface area contributed by atoms with Gasteiger partial charge >= 0.3 is 11.9 Å². The first-order valence-electron chi connectivity index (χ1n) is 36.6. The molecule has 5 aliphatic rings. The minimum atomic E-state index is -1.16. The predicted octanol–water partition coefficient (Wildman–Crippen LogP) is 9.86. The van der Waals surface area contributed by atoms with Gasteiger partial charge in [0.05, 0.1) is 122 Å². The summed E-state index contributed by atoms with van der Waals surface area (Å²) in [7, 11) is 6.58. The molecule has 2 saturated heterocycles. The van der Waals surface area contributed by atoms with Gasteiger partial charge < -0.3 is 88.2 Å². The number of cyclic esters (lactones) is 2. The maximum atomic E-state index is 13.9. The Bertz CT molecular complexity index is 2450. The van der Waals surface area contributed by atoms with Crippen LogP contribution in [-0.2, 0) is 57.0 Å². The van der Waals surface area contributed by atoms with Crippen LogP contribution in [0.3, 0.4) is 0 Å². The molecule has 0 radical (unpaired) electrons. The van der Waals surface area contributed by atoms with Gasteiger partial charge in [-0.15, -0.1) is 0 Å². The van der Waals surface area contributed by atoms with Gasteiger partial charge in [-0.25, -0.2) is 9.59 Å². The number of rotatable bonds is 16. The number of ether oxygens (including phenoxy) is 10. The van der Waals surface area contributed by atoms with E-state index >= 15 is 0 Å². The van der Waals surface area contributed by atoms with Crippen LogP contribution in [0.2, 0.25) is 0 Å². The zero-order valence-electron chi connectivity index (χ0n) is 61.4. The van der Waals surface area contributed by atoms with E-state index in [4.69, 9.17) is 47.4 Å². The van der Waals surface area contributed by atoms with E-state index in [0.29, 0.717) is 62.5 Å². The lowest BCUT2D eigenvalue weighted by molar-refractivity contribution is -0.157. The molecule has 20 heteroatoms. The van der Waals surface area contributed by atoms with Crippen molar-refractivity contribution in [3.8, 4) is 0 Å². The average molecular weight is 1380 g/mol. The van der Waals surface area contributed by atoms with Crippen LogP contribution in [0.5, 0.6) is 0 Å². The highest BCUT2D eigenvalue weighted by molar-refractivity contribution is 5.83. The van der Waals surface area contributed by atoms with Crippen molar-refractivity contribution in [1.82, 2.24) is 0 Å². The molecule has 20 nitrogen and oxygen atoms in total. The Labute approximate surface area is 581 Å². The average Bonchev–Trinajstić information content (AvgIpc) is 0.856. The second kappa shape index (κ2) is 43.0. The molecule has 4 bridgehead atoms. The number of esters is 2. The number of allylic oxidation sites excluding steroid dienone is 4. The molecule has 29 atom stereocenters. The number of fused-ring (bicyclic) bond motifs is 4. The second-order valence-electron chi connectivity index (χ2n) is 29.9. The van der Waals surface area contributed by atoms with Crippen LogP contribution in [0, 0.1) is 41.4 Å². The van der Waals surface area contributed by atoms with Gasteiger partial charge in [0, 0.05) is 102 Å². The molecule has 0 aromatic rings. The zero-order valence-corrected chi connectivity index (χ0v) is 61.4. The fourth-order valence-corrected chi connectivity index (χ4v) is 15.0. The van der Waals surface area contributed by atoms with E-state index in [0.717, 1.165) is 25.7 Å². The molecular formula is C77H130O20. The van der Waals surface area contributed by atoms with E-state index in [9.17, 15) is 50.4 Å². The van der Waals surface area contributed by atoms with Crippen LogP contribution in [0.1, 0.15) is 198 Å². The second-order valence-corrected chi connectivity index (χ2v) is 29.9. The number of methoxy groups -OCH3 is 4. The van der Waals surface area contributed by atoms with Crippen molar-refractivity contribution < 1.29 is 97.8 Å². The van der Waals surface area contributed by atoms with Gasteiger partial charge in [-0.2, -0.15) is 0 Å². The summed E-state index contributed by atoms with van der Waals surface area (Å²) in [6, 6.07) is 0. The fourth-order valence-electron chi connectivity index (χ4n) is 15.0. The lowest BCUT2D eigenvalue weighted by Gasteiger charge is -2.38. The normalized spacial score (nSPS) is 38.9. The molecule has 5 aliphatic heterocycles. The Morgan fingerprint density at radius 1 is 0.464 bits per heavy atom. The highest BCUT2D eigenvalue weighted by Crippen LogP contribution is 2.36. The van der Waals surface area contributed by atoms with Gasteiger partial charge in [-0.3, -0.25) is 0 Å². The van der Waals surface area contributed by atoms with Crippen LogP contribution in [0.4, 0.5) is 0 Å². The van der Waals surface area contributed by atoms with Crippen molar-refractivity contribution in [2.45, 2.75) is 332 Å². The first-order chi connectivity index (χ1) is 46.0. The van der Waals surface area contributed by atoms with Gasteiger partial charge in [0.2, 0.25) is 0 Å². The molecule has 2 fully saturated rings. The first-order valence-corrected chi connectivity index (χ1v) is 36.6. The summed E-state index contributed by atoms with van der Waals surface area (Å²) >= 11 is 0. The number of hydrogen-bond acceptors (Lipinski definition) is 20. The van der Waals surface area contributed by atoms with Gasteiger partial charge in [0.15, 0.2) is 0 Å². The molecule has 8 N–H and O–H groups in total. The van der Waals surface area contributed by atoms with Crippen molar-refractivity contribution in [3.63, 3.8) is 0 Å². The highest BCUT2D eigenvalue weighted by atomic mass is 16.6. The Kier molecular flexibility index (Phi) is 37.4. The third-order valence-corrected chi connectivity index (χ3v) is 21.8. The molecule has 558 valence electrons. The van der Waals surface area contributed by atoms with E-state index < -0.39 is 127 Å². The summed E-state index contributed by atoms with van der Waals surface area (Å²) in [6.07, 6.45) is 14.2. The molecule has 97 heavy (non-hydrogen) atoms. The number of aliphatic hydroxyl groups excluding tert-OH is 8. The van der Waals surface area contributed by atoms with E-state index in [1.807, 2.05) is 106 Å². The Morgan fingerprint density at radius 3 is 1.33 bits per heavy atom. The maximum Gasteiger partial charge on any atom is 0.331 e. The van der Waals surface area contributed by atoms with Crippen LogP contribution < -0.4 is 0 Å². The van der Waals surface area contributed by atoms with Gasteiger partial charge in [0.1, 0.15) is 12.2 Å². The SMILES string of the molecule is CO[C@H]1C[C@H](CC[C@H](C)[C@@H](O)[C@H](C)[C@H]2OC(=O)C=CC(C)=CC[C@H](O)C[C@@H]3C=CC[C@@H](C[C@H](OC)[C@H](C)[C@H](O)C[C@H](O)C[C@@H]([C@@H](C)[C@H](O)[C@@H](C)CC[C@H]4C[C@H](OC)C[C@H](C)O4)OC(=O)C=CC(C)=CC[C@H](O)C[C@@H]4C=CC[C@@H](C[C@H](OC)[C@H](C)[C@H](O)C[C@H](O)[C@@H]2C)O4)O3)O[C@@H](C)C1. The Balaban J connectivity index is 1.35. The molecule has 0 amide bonds. The van der Waals surface area contributed by atoms with E-state index in [1.54, 1.807) is 47.5 Å². The van der Waals surface area contributed by atoms with Crippen molar-refractivity contribution in [1.29, 1.82) is 0 Å². The number of hydrogen-bond donors (Lipinski definition) is 8. The first kappa shape index (κ1) is 84.4. The van der Waals surface area contributed by atoms with Crippen LogP contribution in [0.15, 0.2) is 71.9 Å². The van der Waals surface area contributed by atoms with Crippen molar-refractivity contribution in [2.75, 3.05) is 28.4 Å². The zero-order chi connectivity index (χ0) is 71.6. The predicted molar refractivity (Wildman–Crippen MR) is 373 cm³/mol. The molecule has 0 aromatic carbocycles. The number of carbonyl (C=O) groups excluding carboxylic acids is 2. The van der Waals surface area contributed by atoms with E-state index in [1.165, 1.54) is 12.2 Å². The van der Waals surface area contributed by atoms with Gasteiger partial charge in [-0.1, -0.05) is 108 Å². The summed E-state index contributed by atoms with van der Waals surface area (Å²) in [5.74, 6) is -4.71. The Hall–Kier alpha value is -3.26. The molecule has 0 aliphatic carbocycles. The van der Waals surface area contributed by atoms with E-state index in [2.05, 4.69) is 0 Å². The standard InChI is InChI=1S/C77H130O20/c1-45-22-28-56(78)36-60-19-17-21-62(95-60)43-71(91-15)52(8)68(82)44-69(83)53(9)77(55(11)76(87)48(4)27-31-64-41-66(89-13)35-50(6)93-64)97-74(85)33-25-46(2)23-29-57(79)37-59-18-16-20-61(94-59)42-70(90-14)51(7)67(81)38-58(80)39-72(96-73(84)32-24-45)54(10)75(86)47(3)26-30-63-40-65(88-12)34-49(5)92-63/h16-19,22-25,32-33,47-72,75-83,86-87H,20-21,26-31,34-44H2,1-15H3/t47-,48-,49-,50-,51+,52+,53-,54+,55-,56-,57-,58-,59-,60-,61-,62-,63-,64-,65+,66+,67+,68+,69-,70-,71-,72-,75+,76+,77-/m0/s1. The van der Waals surface area contributed by atoms with Crippen LogP contribution >= 0.6 is 0 Å². The topological polar surface area (TPSA) is 288 Å². The monoisotopic (exact) mass is 1370 g/mol. The summed E-state index contributed by atoms with van der Waals surface area (Å²) in [4.78, 5) is 27.7.